The maximum Gasteiger partial charge on any atom is 0.257 e. The minimum absolute atomic E-state index is 0.194. The molecular weight excluding hydrogens is 422 g/mol. The van der Waals surface area contributed by atoms with E-state index in [-0.39, 0.29) is 18.6 Å². The van der Waals surface area contributed by atoms with Crippen molar-refractivity contribution in [2.24, 2.45) is 0 Å². The summed E-state index contributed by atoms with van der Waals surface area (Å²) < 4.78 is 12.3. The Morgan fingerprint density at radius 2 is 1.85 bits per heavy atom. The van der Waals surface area contributed by atoms with Crippen LogP contribution in [0.1, 0.15) is 26.3 Å². The van der Waals surface area contributed by atoms with E-state index in [4.69, 9.17) is 9.47 Å². The number of carbonyl (C=O) groups is 2. The molecule has 1 aliphatic heterocycles. The number of carbonyl (C=O) groups excluding carboxylic acids is 2. The van der Waals surface area contributed by atoms with Crippen LogP contribution in [0.25, 0.3) is 5.82 Å². The Labute approximate surface area is 189 Å². The number of fused-ring (bicyclic) bond motifs is 1. The minimum atomic E-state index is -0.370. The summed E-state index contributed by atoms with van der Waals surface area (Å²) in [6.07, 6.45) is 4.88. The van der Waals surface area contributed by atoms with Gasteiger partial charge in [0.05, 0.1) is 16.8 Å². The van der Waals surface area contributed by atoms with Crippen molar-refractivity contribution in [1.29, 1.82) is 0 Å². The fraction of sp³-hybridized carbons (Fsp3) is 0.0833. The summed E-state index contributed by atoms with van der Waals surface area (Å²) in [5.41, 5.74) is 1.99. The summed E-state index contributed by atoms with van der Waals surface area (Å²) in [6, 6.07) is 17.5. The predicted octanol–water partition coefficient (Wildman–Crippen LogP) is 3.18. The number of nitrogens with zero attached hydrogens (tertiary/aromatic N) is 3. The second-order valence-electron chi connectivity index (χ2n) is 7.23. The number of rotatable bonds is 6. The lowest BCUT2D eigenvalue weighted by atomic mass is 10.1. The van der Waals surface area contributed by atoms with Crippen LogP contribution in [0.15, 0.2) is 79.3 Å². The molecule has 33 heavy (non-hydrogen) atoms. The van der Waals surface area contributed by atoms with Crippen LogP contribution in [0.5, 0.6) is 11.5 Å². The van der Waals surface area contributed by atoms with E-state index in [0.717, 1.165) is 5.56 Å². The fourth-order valence-corrected chi connectivity index (χ4v) is 3.37. The Bertz CT molecular complexity index is 1300. The number of aromatic nitrogens is 3. The zero-order valence-corrected chi connectivity index (χ0v) is 17.4. The number of benzene rings is 2. The number of para-hydroxylation sites is 1. The molecule has 5 rings (SSSR count). The van der Waals surface area contributed by atoms with Crippen LogP contribution >= 0.6 is 0 Å². The van der Waals surface area contributed by atoms with Crippen LogP contribution in [-0.2, 0) is 6.54 Å². The van der Waals surface area contributed by atoms with Gasteiger partial charge in [0.1, 0.15) is 0 Å². The van der Waals surface area contributed by atoms with Crippen LogP contribution in [0, 0.1) is 0 Å². The molecule has 0 bridgehead atoms. The zero-order valence-electron chi connectivity index (χ0n) is 17.4. The maximum atomic E-state index is 12.8. The Morgan fingerprint density at radius 3 is 2.67 bits per heavy atom. The SMILES string of the molecule is O=C(Nc1ccccc1C(=O)NCc1ccc2c(c1)OCO2)c1ccc(-n2cccn2)nc1. The van der Waals surface area contributed by atoms with Gasteiger partial charge in [0.15, 0.2) is 17.3 Å². The van der Waals surface area contributed by atoms with Crippen LogP contribution in [0.2, 0.25) is 0 Å². The Kier molecular flexibility index (Phi) is 5.42. The molecule has 0 atom stereocenters. The third-order valence-electron chi connectivity index (χ3n) is 5.06. The highest BCUT2D eigenvalue weighted by molar-refractivity contribution is 6.08. The lowest BCUT2D eigenvalue weighted by molar-refractivity contribution is 0.0951. The van der Waals surface area contributed by atoms with E-state index in [1.165, 1.54) is 6.20 Å². The molecule has 2 aromatic heterocycles. The highest BCUT2D eigenvalue weighted by Gasteiger charge is 2.16. The summed E-state index contributed by atoms with van der Waals surface area (Å²) in [5.74, 6) is 1.26. The first kappa shape index (κ1) is 20.3. The molecule has 9 nitrogen and oxygen atoms in total. The van der Waals surface area contributed by atoms with Gasteiger partial charge in [-0.05, 0) is 48.0 Å². The van der Waals surface area contributed by atoms with Crippen LogP contribution in [0.4, 0.5) is 5.69 Å². The van der Waals surface area contributed by atoms with E-state index in [2.05, 4.69) is 20.7 Å². The third-order valence-corrected chi connectivity index (χ3v) is 5.06. The average molecular weight is 441 g/mol. The molecular formula is C24H19N5O4. The molecule has 0 unspecified atom stereocenters. The molecule has 3 heterocycles. The second-order valence-corrected chi connectivity index (χ2v) is 7.23. The first-order valence-corrected chi connectivity index (χ1v) is 10.2. The van der Waals surface area contributed by atoms with Crippen LogP contribution in [0.3, 0.4) is 0 Å². The van der Waals surface area contributed by atoms with Gasteiger partial charge in [-0.15, -0.1) is 0 Å². The molecule has 0 fully saturated rings. The molecule has 2 aromatic carbocycles. The van der Waals surface area contributed by atoms with Crippen molar-refractivity contribution in [3.63, 3.8) is 0 Å². The van der Waals surface area contributed by atoms with Gasteiger partial charge in [-0.3, -0.25) is 9.59 Å². The smallest absolute Gasteiger partial charge is 0.257 e. The number of pyridine rings is 1. The number of anilines is 1. The van der Waals surface area contributed by atoms with Gasteiger partial charge in [0.25, 0.3) is 11.8 Å². The van der Waals surface area contributed by atoms with Crippen LogP contribution in [-0.4, -0.2) is 33.4 Å². The van der Waals surface area contributed by atoms with E-state index in [1.807, 2.05) is 18.2 Å². The zero-order chi connectivity index (χ0) is 22.6. The first-order chi connectivity index (χ1) is 16.2. The molecule has 2 N–H and O–H groups in total. The topological polar surface area (TPSA) is 107 Å². The fourth-order valence-electron chi connectivity index (χ4n) is 3.37. The van der Waals surface area contributed by atoms with Gasteiger partial charge < -0.3 is 20.1 Å². The minimum Gasteiger partial charge on any atom is -0.454 e. The molecule has 1 aliphatic rings. The quantitative estimate of drug-likeness (QED) is 0.476. The highest BCUT2D eigenvalue weighted by atomic mass is 16.7. The number of ether oxygens (including phenoxy) is 2. The average Bonchev–Trinajstić information content (AvgIpc) is 3.55. The van der Waals surface area contributed by atoms with Crippen molar-refractivity contribution >= 4 is 17.5 Å². The summed E-state index contributed by atoms with van der Waals surface area (Å²) in [6.45, 7) is 0.496. The predicted molar refractivity (Wildman–Crippen MR) is 119 cm³/mol. The van der Waals surface area contributed by atoms with Crippen molar-refractivity contribution in [3.05, 3.63) is 95.9 Å². The lowest BCUT2D eigenvalue weighted by Crippen LogP contribution is -2.25. The summed E-state index contributed by atoms with van der Waals surface area (Å²) in [5, 5.41) is 9.78. The van der Waals surface area contributed by atoms with Gasteiger partial charge >= 0.3 is 0 Å². The maximum absolute atomic E-state index is 12.8. The third kappa shape index (κ3) is 4.38. The largest absolute Gasteiger partial charge is 0.454 e. The molecule has 0 saturated carbocycles. The van der Waals surface area contributed by atoms with Gasteiger partial charge in [-0.2, -0.15) is 5.10 Å². The molecule has 9 heteroatoms. The molecule has 2 amide bonds. The van der Waals surface area contributed by atoms with Crippen molar-refractivity contribution in [2.75, 3.05) is 12.1 Å². The summed E-state index contributed by atoms with van der Waals surface area (Å²) in [4.78, 5) is 29.8. The van der Waals surface area contributed by atoms with E-state index in [1.54, 1.807) is 59.5 Å². The van der Waals surface area contributed by atoms with Crippen LogP contribution < -0.4 is 20.1 Å². The first-order valence-electron chi connectivity index (χ1n) is 10.2. The molecule has 0 aliphatic carbocycles. The summed E-state index contributed by atoms with van der Waals surface area (Å²) in [7, 11) is 0. The molecule has 0 saturated heterocycles. The standard InChI is InChI=1S/C24H19N5O4/c30-23(17-7-9-22(25-14-17)29-11-3-10-27-29)28-19-5-2-1-4-18(19)24(31)26-13-16-6-8-20-21(12-16)33-15-32-20/h1-12,14H,13,15H2,(H,26,31)(H,28,30). The number of nitrogens with one attached hydrogen (secondary N) is 2. The Balaban J connectivity index is 1.26. The van der Waals surface area contributed by atoms with Gasteiger partial charge in [-0.25, -0.2) is 9.67 Å². The Hall–Kier alpha value is -4.66. The molecule has 4 aromatic rings. The van der Waals surface area contributed by atoms with E-state index >= 15 is 0 Å². The number of hydrogen-bond donors (Lipinski definition) is 2. The van der Waals surface area contributed by atoms with E-state index in [0.29, 0.717) is 40.7 Å². The van der Waals surface area contributed by atoms with Crippen molar-refractivity contribution in [1.82, 2.24) is 20.1 Å². The number of hydrogen-bond acceptors (Lipinski definition) is 6. The highest BCUT2D eigenvalue weighted by Crippen LogP contribution is 2.32. The van der Waals surface area contributed by atoms with Gasteiger partial charge in [-0.1, -0.05) is 18.2 Å². The van der Waals surface area contributed by atoms with Gasteiger partial charge in [0, 0.05) is 25.1 Å². The molecule has 0 spiro atoms. The Morgan fingerprint density at radius 1 is 0.970 bits per heavy atom. The van der Waals surface area contributed by atoms with Gasteiger partial charge in [0.2, 0.25) is 6.79 Å². The van der Waals surface area contributed by atoms with E-state index in [9.17, 15) is 9.59 Å². The van der Waals surface area contributed by atoms with Crippen molar-refractivity contribution < 1.29 is 19.1 Å². The van der Waals surface area contributed by atoms with Crippen molar-refractivity contribution in [3.8, 4) is 17.3 Å². The molecule has 164 valence electrons. The normalized spacial score (nSPS) is 11.8. The summed E-state index contributed by atoms with van der Waals surface area (Å²) >= 11 is 0. The second kappa shape index (κ2) is 8.83. The van der Waals surface area contributed by atoms with Crippen molar-refractivity contribution in [2.45, 2.75) is 6.54 Å². The monoisotopic (exact) mass is 441 g/mol. The lowest BCUT2D eigenvalue weighted by Gasteiger charge is -2.12. The van der Waals surface area contributed by atoms with E-state index < -0.39 is 0 Å². The molecule has 0 radical (unpaired) electrons. The number of amides is 2.